The molecule has 0 heterocycles. The van der Waals surface area contributed by atoms with Gasteiger partial charge in [0.1, 0.15) is 11.6 Å². The lowest BCUT2D eigenvalue weighted by atomic mass is 10.1. The minimum absolute atomic E-state index is 0.337. The Morgan fingerprint density at radius 3 is 2.46 bits per heavy atom. The van der Waals surface area contributed by atoms with Crippen molar-refractivity contribution < 1.29 is 13.9 Å². The van der Waals surface area contributed by atoms with Crippen LogP contribution in [0.3, 0.4) is 0 Å². The molecule has 2 amide bonds. The molecule has 5 heteroatoms. The SMILES string of the molecule is COc1ccc2cc(CNC(=O)Nc3ccc(F)cc3)ccc2c1. The fourth-order valence-electron chi connectivity index (χ4n) is 2.40. The number of halogens is 1. The topological polar surface area (TPSA) is 50.4 Å². The number of ether oxygens (including phenoxy) is 1. The normalized spacial score (nSPS) is 10.4. The summed E-state index contributed by atoms with van der Waals surface area (Å²) in [6.07, 6.45) is 0. The Bertz CT molecular complexity index is 863. The lowest BCUT2D eigenvalue weighted by Crippen LogP contribution is -2.28. The molecule has 0 saturated heterocycles. The zero-order valence-corrected chi connectivity index (χ0v) is 13.2. The molecule has 0 fully saturated rings. The smallest absolute Gasteiger partial charge is 0.319 e. The monoisotopic (exact) mass is 324 g/mol. The van der Waals surface area contributed by atoms with Crippen molar-refractivity contribution in [3.8, 4) is 5.75 Å². The van der Waals surface area contributed by atoms with Crippen LogP contribution in [-0.2, 0) is 6.54 Å². The van der Waals surface area contributed by atoms with Crippen molar-refractivity contribution in [3.63, 3.8) is 0 Å². The van der Waals surface area contributed by atoms with Gasteiger partial charge in [-0.1, -0.05) is 18.2 Å². The number of amides is 2. The second-order valence-corrected chi connectivity index (χ2v) is 5.36. The Hall–Kier alpha value is -3.08. The number of methoxy groups -OCH3 is 1. The summed E-state index contributed by atoms with van der Waals surface area (Å²) in [7, 11) is 1.64. The molecule has 24 heavy (non-hydrogen) atoms. The Kier molecular flexibility index (Phi) is 4.61. The van der Waals surface area contributed by atoms with Gasteiger partial charge in [0.25, 0.3) is 0 Å². The molecule has 0 aliphatic rings. The minimum Gasteiger partial charge on any atom is -0.497 e. The summed E-state index contributed by atoms with van der Waals surface area (Å²) in [5.41, 5.74) is 1.53. The van der Waals surface area contributed by atoms with E-state index in [4.69, 9.17) is 4.74 Å². The van der Waals surface area contributed by atoms with E-state index in [0.29, 0.717) is 12.2 Å². The number of benzene rings is 3. The molecule has 3 rings (SSSR count). The lowest BCUT2D eigenvalue weighted by Gasteiger charge is -2.09. The van der Waals surface area contributed by atoms with E-state index in [1.165, 1.54) is 24.3 Å². The molecular formula is C19H17FN2O2. The summed E-state index contributed by atoms with van der Waals surface area (Å²) in [6.45, 7) is 0.398. The highest BCUT2D eigenvalue weighted by Gasteiger charge is 2.03. The second-order valence-electron chi connectivity index (χ2n) is 5.36. The molecule has 0 aromatic heterocycles. The number of nitrogens with one attached hydrogen (secondary N) is 2. The van der Waals surface area contributed by atoms with Crippen LogP contribution >= 0.6 is 0 Å². The lowest BCUT2D eigenvalue weighted by molar-refractivity contribution is 0.251. The molecule has 3 aromatic rings. The maximum Gasteiger partial charge on any atom is 0.319 e. The molecule has 0 spiro atoms. The molecule has 0 radical (unpaired) electrons. The van der Waals surface area contributed by atoms with Crippen LogP contribution in [0, 0.1) is 5.82 Å². The number of carbonyl (C=O) groups is 1. The molecule has 0 atom stereocenters. The quantitative estimate of drug-likeness (QED) is 0.751. The van der Waals surface area contributed by atoms with Crippen LogP contribution in [0.25, 0.3) is 10.8 Å². The van der Waals surface area contributed by atoms with Gasteiger partial charge in [-0.3, -0.25) is 0 Å². The molecule has 122 valence electrons. The second kappa shape index (κ2) is 7.00. The van der Waals surface area contributed by atoms with Crippen LogP contribution < -0.4 is 15.4 Å². The summed E-state index contributed by atoms with van der Waals surface area (Å²) >= 11 is 0. The molecule has 3 aromatic carbocycles. The van der Waals surface area contributed by atoms with Crippen molar-refractivity contribution >= 4 is 22.5 Å². The number of fused-ring (bicyclic) bond motifs is 1. The van der Waals surface area contributed by atoms with Crippen molar-refractivity contribution in [2.45, 2.75) is 6.54 Å². The van der Waals surface area contributed by atoms with Crippen LogP contribution in [0.5, 0.6) is 5.75 Å². The van der Waals surface area contributed by atoms with Crippen LogP contribution in [0.15, 0.2) is 60.7 Å². The summed E-state index contributed by atoms with van der Waals surface area (Å²) in [5, 5.41) is 7.59. The predicted octanol–water partition coefficient (Wildman–Crippen LogP) is 4.31. The third-order valence-corrected chi connectivity index (χ3v) is 3.67. The molecule has 0 bridgehead atoms. The fourth-order valence-corrected chi connectivity index (χ4v) is 2.40. The third kappa shape index (κ3) is 3.81. The van der Waals surface area contributed by atoms with Gasteiger partial charge in [-0.25, -0.2) is 9.18 Å². The first-order chi connectivity index (χ1) is 11.6. The van der Waals surface area contributed by atoms with Gasteiger partial charge >= 0.3 is 6.03 Å². The van der Waals surface area contributed by atoms with Crippen molar-refractivity contribution in [1.82, 2.24) is 5.32 Å². The fraction of sp³-hybridized carbons (Fsp3) is 0.105. The first kappa shape index (κ1) is 15.8. The summed E-state index contributed by atoms with van der Waals surface area (Å²) < 4.78 is 18.0. The number of rotatable bonds is 4. The van der Waals surface area contributed by atoms with Crippen molar-refractivity contribution in [3.05, 3.63) is 72.0 Å². The standard InChI is InChI=1S/C19H17FN2O2/c1-24-18-9-4-14-10-13(2-3-15(14)11-18)12-21-19(23)22-17-7-5-16(20)6-8-17/h2-11H,12H2,1H3,(H2,21,22,23). The van der Waals surface area contributed by atoms with Gasteiger partial charge in [0.2, 0.25) is 0 Å². The highest BCUT2D eigenvalue weighted by Crippen LogP contribution is 2.21. The first-order valence-corrected chi connectivity index (χ1v) is 7.51. The van der Waals surface area contributed by atoms with Crippen LogP contribution in [0.2, 0.25) is 0 Å². The van der Waals surface area contributed by atoms with Crippen molar-refractivity contribution in [1.29, 1.82) is 0 Å². The Labute approximate surface area is 139 Å². The number of carbonyl (C=O) groups excluding carboxylic acids is 1. The highest BCUT2D eigenvalue weighted by atomic mass is 19.1. The molecular weight excluding hydrogens is 307 g/mol. The molecule has 2 N–H and O–H groups in total. The zero-order chi connectivity index (χ0) is 16.9. The van der Waals surface area contributed by atoms with Crippen molar-refractivity contribution in [2.24, 2.45) is 0 Å². The number of urea groups is 1. The van der Waals surface area contributed by atoms with Crippen LogP contribution in [0.4, 0.5) is 14.9 Å². The largest absolute Gasteiger partial charge is 0.497 e. The number of anilines is 1. The van der Waals surface area contributed by atoms with E-state index in [9.17, 15) is 9.18 Å². The first-order valence-electron chi connectivity index (χ1n) is 7.51. The van der Waals surface area contributed by atoms with Gasteiger partial charge in [0, 0.05) is 12.2 Å². The van der Waals surface area contributed by atoms with E-state index < -0.39 is 0 Å². The van der Waals surface area contributed by atoms with Gasteiger partial charge in [-0.15, -0.1) is 0 Å². The van der Waals surface area contributed by atoms with E-state index in [0.717, 1.165) is 22.1 Å². The Morgan fingerprint density at radius 1 is 1.00 bits per heavy atom. The molecule has 0 saturated carbocycles. The molecule has 0 aliphatic heterocycles. The van der Waals surface area contributed by atoms with Crippen molar-refractivity contribution in [2.75, 3.05) is 12.4 Å². The van der Waals surface area contributed by atoms with E-state index in [1.54, 1.807) is 7.11 Å². The van der Waals surface area contributed by atoms with E-state index in [-0.39, 0.29) is 11.8 Å². The minimum atomic E-state index is -0.339. The Morgan fingerprint density at radius 2 is 1.71 bits per heavy atom. The van der Waals surface area contributed by atoms with E-state index in [1.807, 2.05) is 36.4 Å². The van der Waals surface area contributed by atoms with Gasteiger partial charge < -0.3 is 15.4 Å². The molecule has 4 nitrogen and oxygen atoms in total. The average molecular weight is 324 g/mol. The van der Waals surface area contributed by atoms with E-state index >= 15 is 0 Å². The van der Waals surface area contributed by atoms with Crippen LogP contribution in [0.1, 0.15) is 5.56 Å². The molecule has 0 aliphatic carbocycles. The summed E-state index contributed by atoms with van der Waals surface area (Å²) in [5.74, 6) is 0.473. The van der Waals surface area contributed by atoms with Gasteiger partial charge in [-0.2, -0.15) is 0 Å². The van der Waals surface area contributed by atoms with E-state index in [2.05, 4.69) is 10.6 Å². The maximum absolute atomic E-state index is 12.8. The molecule has 0 unspecified atom stereocenters. The van der Waals surface area contributed by atoms with Gasteiger partial charge in [0.15, 0.2) is 0 Å². The van der Waals surface area contributed by atoms with Gasteiger partial charge in [0.05, 0.1) is 7.11 Å². The zero-order valence-electron chi connectivity index (χ0n) is 13.2. The summed E-state index contributed by atoms with van der Waals surface area (Å²) in [6, 6.07) is 17.1. The number of hydrogen-bond donors (Lipinski definition) is 2. The van der Waals surface area contributed by atoms with Crippen LogP contribution in [-0.4, -0.2) is 13.1 Å². The number of hydrogen-bond acceptors (Lipinski definition) is 2. The average Bonchev–Trinajstić information content (AvgIpc) is 2.61. The predicted molar refractivity (Wildman–Crippen MR) is 92.8 cm³/mol. The Balaban J connectivity index is 1.62. The highest BCUT2D eigenvalue weighted by molar-refractivity contribution is 5.89. The van der Waals surface area contributed by atoms with Gasteiger partial charge in [-0.05, 0) is 58.8 Å². The third-order valence-electron chi connectivity index (χ3n) is 3.67. The summed E-state index contributed by atoms with van der Waals surface area (Å²) in [4.78, 5) is 11.9. The maximum atomic E-state index is 12.8.